The van der Waals surface area contributed by atoms with Gasteiger partial charge in [0.25, 0.3) is 0 Å². The first kappa shape index (κ1) is 9.22. The third kappa shape index (κ3) is 1.78. The molecule has 0 unspecified atom stereocenters. The smallest absolute Gasteiger partial charge is 0.124 e. The zero-order chi connectivity index (χ0) is 9.97. The number of hydrogen-bond donors (Lipinski definition) is 0. The molecule has 2 aromatic rings. The van der Waals surface area contributed by atoms with Crippen LogP contribution in [0.5, 0.6) is 0 Å². The number of fused-ring (bicyclic) bond motifs is 1. The van der Waals surface area contributed by atoms with Crippen molar-refractivity contribution >= 4 is 28.7 Å². The zero-order valence-electron chi connectivity index (χ0n) is 7.53. The van der Waals surface area contributed by atoms with E-state index in [4.69, 9.17) is 11.6 Å². The first-order chi connectivity index (χ1) is 6.79. The zero-order valence-corrected chi connectivity index (χ0v) is 8.29. The van der Waals surface area contributed by atoms with Gasteiger partial charge in [-0.1, -0.05) is 35.9 Å². The molecule has 0 atom stereocenters. The van der Waals surface area contributed by atoms with Crippen LogP contribution in [0.4, 0.5) is 0 Å². The second kappa shape index (κ2) is 3.81. The number of carbonyl (C=O) groups is 1. The van der Waals surface area contributed by atoms with Crippen LogP contribution in [0.25, 0.3) is 10.8 Å². The summed E-state index contributed by atoms with van der Waals surface area (Å²) >= 11 is 5.86. The van der Waals surface area contributed by atoms with Crippen molar-refractivity contribution in [3.8, 4) is 0 Å². The second-order valence-corrected chi connectivity index (χ2v) is 3.63. The Morgan fingerprint density at radius 1 is 1.07 bits per heavy atom. The Morgan fingerprint density at radius 2 is 1.79 bits per heavy atom. The van der Waals surface area contributed by atoms with Crippen molar-refractivity contribution in [3.05, 3.63) is 47.0 Å². The summed E-state index contributed by atoms with van der Waals surface area (Å²) < 4.78 is 0. The molecule has 70 valence electrons. The van der Waals surface area contributed by atoms with E-state index >= 15 is 0 Å². The van der Waals surface area contributed by atoms with Crippen LogP contribution in [-0.2, 0) is 11.2 Å². The maximum Gasteiger partial charge on any atom is 0.124 e. The molecule has 0 aliphatic rings. The molecule has 0 aliphatic heterocycles. The molecule has 0 N–H and O–H groups in total. The molecular weight excluding hydrogens is 196 g/mol. The average Bonchev–Trinajstić information content (AvgIpc) is 2.19. The van der Waals surface area contributed by atoms with Crippen LogP contribution in [0.3, 0.4) is 0 Å². The highest BCUT2D eigenvalue weighted by molar-refractivity contribution is 6.31. The van der Waals surface area contributed by atoms with Crippen LogP contribution >= 0.6 is 11.6 Å². The van der Waals surface area contributed by atoms with Crippen molar-refractivity contribution in [2.24, 2.45) is 0 Å². The molecule has 0 saturated heterocycles. The van der Waals surface area contributed by atoms with Gasteiger partial charge in [0.2, 0.25) is 0 Å². The minimum absolute atomic E-state index is 0.471. The van der Waals surface area contributed by atoms with Crippen molar-refractivity contribution in [2.75, 3.05) is 0 Å². The molecule has 2 rings (SSSR count). The molecule has 14 heavy (non-hydrogen) atoms. The summed E-state index contributed by atoms with van der Waals surface area (Å²) in [6.07, 6.45) is 1.38. The standard InChI is InChI=1S/C12H9ClO/c13-12-4-3-10-7-9(5-6-14)1-2-11(10)8-12/h1-4,6-8H,5H2. The van der Waals surface area contributed by atoms with Gasteiger partial charge in [0, 0.05) is 11.4 Å². The molecule has 2 heteroatoms. The Hall–Kier alpha value is -1.34. The number of halogens is 1. The predicted molar refractivity (Wildman–Crippen MR) is 58.7 cm³/mol. The minimum Gasteiger partial charge on any atom is -0.303 e. The second-order valence-electron chi connectivity index (χ2n) is 3.20. The van der Waals surface area contributed by atoms with E-state index in [0.717, 1.165) is 27.6 Å². The average molecular weight is 205 g/mol. The fraction of sp³-hybridized carbons (Fsp3) is 0.0833. The first-order valence-corrected chi connectivity index (χ1v) is 4.79. The maximum absolute atomic E-state index is 10.3. The lowest BCUT2D eigenvalue weighted by molar-refractivity contribution is -0.107. The highest BCUT2D eigenvalue weighted by Gasteiger charge is 1.96. The van der Waals surface area contributed by atoms with E-state index in [1.165, 1.54) is 0 Å². The SMILES string of the molecule is O=CCc1ccc2cc(Cl)ccc2c1. The molecule has 0 bridgehead atoms. The molecule has 0 radical (unpaired) electrons. The van der Waals surface area contributed by atoms with Crippen LogP contribution < -0.4 is 0 Å². The van der Waals surface area contributed by atoms with Crippen molar-refractivity contribution in [1.82, 2.24) is 0 Å². The van der Waals surface area contributed by atoms with E-state index < -0.39 is 0 Å². The molecule has 2 aromatic carbocycles. The Labute approximate surface area is 87.3 Å². The Bertz CT molecular complexity index is 477. The maximum atomic E-state index is 10.3. The van der Waals surface area contributed by atoms with E-state index in [2.05, 4.69) is 0 Å². The summed E-state index contributed by atoms with van der Waals surface area (Å²) in [5.41, 5.74) is 1.04. The molecule has 0 amide bonds. The van der Waals surface area contributed by atoms with E-state index in [0.29, 0.717) is 6.42 Å². The topological polar surface area (TPSA) is 17.1 Å². The third-order valence-corrected chi connectivity index (χ3v) is 2.42. The largest absolute Gasteiger partial charge is 0.303 e. The summed E-state index contributed by atoms with van der Waals surface area (Å²) in [6, 6.07) is 11.7. The predicted octanol–water partition coefficient (Wildman–Crippen LogP) is 3.23. The molecule has 0 aromatic heterocycles. The highest BCUT2D eigenvalue weighted by Crippen LogP contribution is 2.20. The van der Waals surface area contributed by atoms with Crippen LogP contribution in [0.15, 0.2) is 36.4 Å². The fourth-order valence-electron chi connectivity index (χ4n) is 1.49. The Balaban J connectivity index is 2.55. The van der Waals surface area contributed by atoms with Gasteiger partial charge in [0.1, 0.15) is 6.29 Å². The summed E-state index contributed by atoms with van der Waals surface area (Å²) in [7, 11) is 0. The van der Waals surface area contributed by atoms with Crippen LogP contribution in [0.2, 0.25) is 5.02 Å². The Kier molecular flexibility index (Phi) is 2.51. The van der Waals surface area contributed by atoms with E-state index in [-0.39, 0.29) is 0 Å². The molecule has 0 fully saturated rings. The van der Waals surface area contributed by atoms with E-state index in [9.17, 15) is 4.79 Å². The molecular formula is C12H9ClO. The fourth-order valence-corrected chi connectivity index (χ4v) is 1.67. The lowest BCUT2D eigenvalue weighted by Crippen LogP contribution is -1.85. The number of aldehydes is 1. The van der Waals surface area contributed by atoms with E-state index in [1.54, 1.807) is 0 Å². The van der Waals surface area contributed by atoms with Gasteiger partial charge < -0.3 is 4.79 Å². The molecule has 1 nitrogen and oxygen atoms in total. The number of rotatable bonds is 2. The van der Waals surface area contributed by atoms with Crippen molar-refractivity contribution in [2.45, 2.75) is 6.42 Å². The first-order valence-electron chi connectivity index (χ1n) is 4.41. The van der Waals surface area contributed by atoms with Gasteiger partial charge in [-0.3, -0.25) is 0 Å². The van der Waals surface area contributed by atoms with Crippen molar-refractivity contribution < 1.29 is 4.79 Å². The van der Waals surface area contributed by atoms with Gasteiger partial charge in [-0.15, -0.1) is 0 Å². The van der Waals surface area contributed by atoms with Crippen LogP contribution in [-0.4, -0.2) is 6.29 Å². The lowest BCUT2D eigenvalue weighted by Gasteiger charge is -2.00. The van der Waals surface area contributed by atoms with Crippen LogP contribution in [0, 0.1) is 0 Å². The summed E-state index contributed by atoms with van der Waals surface area (Å²) in [5.74, 6) is 0. The van der Waals surface area contributed by atoms with Crippen molar-refractivity contribution in [1.29, 1.82) is 0 Å². The monoisotopic (exact) mass is 204 g/mol. The van der Waals surface area contributed by atoms with E-state index in [1.807, 2.05) is 36.4 Å². The molecule has 0 spiro atoms. The van der Waals surface area contributed by atoms with Gasteiger partial charge in [0.15, 0.2) is 0 Å². The summed E-state index contributed by atoms with van der Waals surface area (Å²) in [6.45, 7) is 0. The van der Waals surface area contributed by atoms with Gasteiger partial charge in [-0.2, -0.15) is 0 Å². The normalized spacial score (nSPS) is 10.4. The highest BCUT2D eigenvalue weighted by atomic mass is 35.5. The van der Waals surface area contributed by atoms with Gasteiger partial charge in [-0.05, 0) is 28.5 Å². The molecule has 0 heterocycles. The lowest BCUT2D eigenvalue weighted by atomic mass is 10.1. The third-order valence-electron chi connectivity index (χ3n) is 2.19. The van der Waals surface area contributed by atoms with Gasteiger partial charge in [-0.25, -0.2) is 0 Å². The number of carbonyl (C=O) groups excluding carboxylic acids is 1. The van der Waals surface area contributed by atoms with Gasteiger partial charge in [0.05, 0.1) is 0 Å². The summed E-state index contributed by atoms with van der Waals surface area (Å²) in [5, 5.41) is 2.96. The Morgan fingerprint density at radius 3 is 2.57 bits per heavy atom. The van der Waals surface area contributed by atoms with Crippen molar-refractivity contribution in [3.63, 3.8) is 0 Å². The van der Waals surface area contributed by atoms with Gasteiger partial charge >= 0.3 is 0 Å². The minimum atomic E-state index is 0.471. The summed E-state index contributed by atoms with van der Waals surface area (Å²) in [4.78, 5) is 10.3. The number of benzene rings is 2. The quantitative estimate of drug-likeness (QED) is 0.687. The molecule has 0 saturated carbocycles. The van der Waals surface area contributed by atoms with Crippen LogP contribution in [0.1, 0.15) is 5.56 Å². The molecule has 0 aliphatic carbocycles. The number of hydrogen-bond acceptors (Lipinski definition) is 1.